The molecule has 4 heteroatoms. The second-order valence-corrected chi connectivity index (χ2v) is 6.81. The molecule has 2 aromatic rings. The molecule has 1 aliphatic carbocycles. The van der Waals surface area contributed by atoms with Gasteiger partial charge in [0.15, 0.2) is 11.5 Å². The lowest BCUT2D eigenvalue weighted by Crippen LogP contribution is -2.15. The standard InChI is InChI=1S/C19H24N2O2.C3H8/c1-22-18-7-6-15(13-19(18)23-16-4-2-3-5-16)17(20)12-14-8-10-21-11-9-14;1-3-2/h6-11,13,16-17H,2-5,12,20H2,1H3;3H2,1-2H3. The van der Waals surface area contributed by atoms with Crippen LogP contribution < -0.4 is 15.2 Å². The minimum Gasteiger partial charge on any atom is -0.493 e. The minimum atomic E-state index is -0.0748. The molecule has 3 rings (SSSR count). The van der Waals surface area contributed by atoms with Gasteiger partial charge in [-0.1, -0.05) is 26.3 Å². The van der Waals surface area contributed by atoms with Crippen LogP contribution in [0.3, 0.4) is 0 Å². The van der Waals surface area contributed by atoms with Crippen molar-refractivity contribution in [2.75, 3.05) is 7.11 Å². The first-order valence-electron chi connectivity index (χ1n) is 9.67. The molecule has 1 aromatic carbocycles. The molecule has 1 heterocycles. The predicted octanol–water partition coefficient (Wildman–Crippen LogP) is 5.07. The smallest absolute Gasteiger partial charge is 0.161 e. The molecule has 1 unspecified atom stereocenters. The third kappa shape index (κ3) is 6.03. The quantitative estimate of drug-likeness (QED) is 0.785. The van der Waals surface area contributed by atoms with Crippen molar-refractivity contribution in [3.63, 3.8) is 0 Å². The van der Waals surface area contributed by atoms with E-state index in [0.29, 0.717) is 6.10 Å². The summed E-state index contributed by atoms with van der Waals surface area (Å²) >= 11 is 0. The highest BCUT2D eigenvalue weighted by molar-refractivity contribution is 5.44. The van der Waals surface area contributed by atoms with Crippen molar-refractivity contribution < 1.29 is 9.47 Å². The number of nitrogens with zero attached hydrogens (tertiary/aromatic N) is 1. The minimum absolute atomic E-state index is 0.0748. The van der Waals surface area contributed by atoms with Gasteiger partial charge in [0.2, 0.25) is 0 Å². The van der Waals surface area contributed by atoms with E-state index in [-0.39, 0.29) is 6.04 Å². The Kier molecular flexibility index (Phi) is 8.42. The van der Waals surface area contributed by atoms with Crippen LogP contribution in [0.15, 0.2) is 42.7 Å². The third-order valence-corrected chi connectivity index (χ3v) is 4.42. The van der Waals surface area contributed by atoms with Crippen LogP contribution in [0, 0.1) is 0 Å². The van der Waals surface area contributed by atoms with Crippen LogP contribution in [0.5, 0.6) is 11.5 Å². The zero-order valence-electron chi connectivity index (χ0n) is 16.3. The van der Waals surface area contributed by atoms with Crippen LogP contribution in [0.2, 0.25) is 0 Å². The van der Waals surface area contributed by atoms with E-state index in [0.717, 1.165) is 36.3 Å². The van der Waals surface area contributed by atoms with Gasteiger partial charge in [-0.3, -0.25) is 4.98 Å². The molecule has 1 fully saturated rings. The fourth-order valence-electron chi connectivity index (χ4n) is 3.09. The van der Waals surface area contributed by atoms with Gasteiger partial charge in [0.05, 0.1) is 13.2 Å². The number of aromatic nitrogens is 1. The summed E-state index contributed by atoms with van der Waals surface area (Å²) in [4.78, 5) is 4.04. The molecule has 0 radical (unpaired) electrons. The van der Waals surface area contributed by atoms with Gasteiger partial charge in [-0.05, 0) is 67.5 Å². The summed E-state index contributed by atoms with van der Waals surface area (Å²) in [5.41, 5.74) is 8.63. The molecule has 0 aliphatic heterocycles. The average molecular weight is 357 g/mol. The number of rotatable bonds is 6. The molecular formula is C22H32N2O2. The highest BCUT2D eigenvalue weighted by atomic mass is 16.5. The van der Waals surface area contributed by atoms with E-state index >= 15 is 0 Å². The Morgan fingerprint density at radius 1 is 1.08 bits per heavy atom. The molecule has 4 nitrogen and oxygen atoms in total. The SMILES string of the molecule is CCC.COc1ccc(C(N)Cc2ccncc2)cc1OC1CCCC1. The molecule has 1 saturated carbocycles. The predicted molar refractivity (Wildman–Crippen MR) is 107 cm³/mol. The molecule has 1 aliphatic rings. The first-order chi connectivity index (χ1) is 12.7. The van der Waals surface area contributed by atoms with Crippen molar-refractivity contribution in [1.82, 2.24) is 4.98 Å². The summed E-state index contributed by atoms with van der Waals surface area (Å²) in [6, 6.07) is 9.93. The second-order valence-electron chi connectivity index (χ2n) is 6.81. The Morgan fingerprint density at radius 3 is 2.35 bits per heavy atom. The third-order valence-electron chi connectivity index (χ3n) is 4.42. The number of nitrogens with two attached hydrogens (primary N) is 1. The van der Waals surface area contributed by atoms with Crippen molar-refractivity contribution >= 4 is 0 Å². The Labute approximate surface area is 157 Å². The number of benzene rings is 1. The van der Waals surface area contributed by atoms with E-state index in [1.165, 1.54) is 24.8 Å². The van der Waals surface area contributed by atoms with Crippen molar-refractivity contribution in [2.24, 2.45) is 5.73 Å². The molecule has 142 valence electrons. The lowest BCUT2D eigenvalue weighted by molar-refractivity contribution is 0.200. The molecule has 1 aromatic heterocycles. The molecule has 0 saturated heterocycles. The normalized spacial score (nSPS) is 15.1. The van der Waals surface area contributed by atoms with Crippen molar-refractivity contribution in [3.05, 3.63) is 53.9 Å². The highest BCUT2D eigenvalue weighted by Crippen LogP contribution is 2.34. The topological polar surface area (TPSA) is 57.4 Å². The van der Waals surface area contributed by atoms with E-state index in [1.54, 1.807) is 19.5 Å². The van der Waals surface area contributed by atoms with Crippen molar-refractivity contribution in [2.45, 2.75) is 64.5 Å². The Bertz CT molecular complexity index is 640. The van der Waals surface area contributed by atoms with E-state index in [2.05, 4.69) is 18.8 Å². The number of hydrogen-bond donors (Lipinski definition) is 1. The fourth-order valence-corrected chi connectivity index (χ4v) is 3.09. The van der Waals surface area contributed by atoms with E-state index < -0.39 is 0 Å². The maximum Gasteiger partial charge on any atom is 0.161 e. The summed E-state index contributed by atoms with van der Waals surface area (Å²) in [6.45, 7) is 4.25. The first-order valence-corrected chi connectivity index (χ1v) is 9.67. The second kappa shape index (κ2) is 10.8. The van der Waals surface area contributed by atoms with Crippen LogP contribution in [0.4, 0.5) is 0 Å². The summed E-state index contributed by atoms with van der Waals surface area (Å²) in [5, 5.41) is 0. The molecule has 0 spiro atoms. The van der Waals surface area contributed by atoms with E-state index in [1.807, 2.05) is 30.3 Å². The number of ether oxygens (including phenoxy) is 2. The van der Waals surface area contributed by atoms with Gasteiger partial charge in [-0.15, -0.1) is 0 Å². The van der Waals surface area contributed by atoms with Gasteiger partial charge in [-0.25, -0.2) is 0 Å². The molecule has 0 bridgehead atoms. The largest absolute Gasteiger partial charge is 0.493 e. The monoisotopic (exact) mass is 356 g/mol. The Balaban J connectivity index is 0.000000758. The van der Waals surface area contributed by atoms with Gasteiger partial charge >= 0.3 is 0 Å². The maximum atomic E-state index is 6.38. The summed E-state index contributed by atoms with van der Waals surface area (Å²) in [5.74, 6) is 1.58. The number of methoxy groups -OCH3 is 1. The fraction of sp³-hybridized carbons (Fsp3) is 0.500. The lowest BCUT2D eigenvalue weighted by atomic mass is 10.00. The molecule has 1 atom stereocenters. The highest BCUT2D eigenvalue weighted by Gasteiger charge is 2.19. The van der Waals surface area contributed by atoms with Crippen LogP contribution in [0.25, 0.3) is 0 Å². The van der Waals surface area contributed by atoms with Crippen molar-refractivity contribution in [1.29, 1.82) is 0 Å². The number of pyridine rings is 1. The zero-order valence-corrected chi connectivity index (χ0v) is 16.3. The van der Waals surface area contributed by atoms with Gasteiger partial charge < -0.3 is 15.2 Å². The lowest BCUT2D eigenvalue weighted by Gasteiger charge is -2.19. The van der Waals surface area contributed by atoms with Crippen LogP contribution in [-0.2, 0) is 6.42 Å². The van der Waals surface area contributed by atoms with Gasteiger partial charge in [0.25, 0.3) is 0 Å². The van der Waals surface area contributed by atoms with Gasteiger partial charge in [0.1, 0.15) is 0 Å². The Hall–Kier alpha value is -2.07. The molecule has 2 N–H and O–H groups in total. The van der Waals surface area contributed by atoms with Gasteiger partial charge in [-0.2, -0.15) is 0 Å². The molecular weight excluding hydrogens is 324 g/mol. The van der Waals surface area contributed by atoms with E-state index in [4.69, 9.17) is 15.2 Å². The average Bonchev–Trinajstić information content (AvgIpc) is 3.16. The Morgan fingerprint density at radius 2 is 1.73 bits per heavy atom. The van der Waals surface area contributed by atoms with Crippen LogP contribution in [-0.4, -0.2) is 18.2 Å². The zero-order chi connectivity index (χ0) is 18.8. The number of hydrogen-bond acceptors (Lipinski definition) is 4. The molecule has 26 heavy (non-hydrogen) atoms. The van der Waals surface area contributed by atoms with Gasteiger partial charge in [0, 0.05) is 18.4 Å². The van der Waals surface area contributed by atoms with Crippen LogP contribution >= 0.6 is 0 Å². The summed E-state index contributed by atoms with van der Waals surface area (Å²) < 4.78 is 11.6. The first kappa shape index (κ1) is 20.2. The summed E-state index contributed by atoms with van der Waals surface area (Å²) in [7, 11) is 1.67. The summed E-state index contributed by atoms with van der Waals surface area (Å²) in [6.07, 6.45) is 10.7. The van der Waals surface area contributed by atoms with Crippen LogP contribution in [0.1, 0.15) is 63.1 Å². The maximum absolute atomic E-state index is 6.38. The molecule has 0 amide bonds. The van der Waals surface area contributed by atoms with Crippen molar-refractivity contribution in [3.8, 4) is 11.5 Å². The van der Waals surface area contributed by atoms with E-state index in [9.17, 15) is 0 Å².